The Balaban J connectivity index is 2.26. The molecule has 1 aromatic carbocycles. The maximum absolute atomic E-state index is 13.1. The number of halogens is 4. The lowest BCUT2D eigenvalue weighted by atomic mass is 10.1. The number of rotatable bonds is 3. The first-order chi connectivity index (χ1) is 9.29. The third-order valence-corrected chi connectivity index (χ3v) is 3.67. The lowest BCUT2D eigenvalue weighted by molar-refractivity contribution is -0.137. The highest BCUT2D eigenvalue weighted by Gasteiger charge is 2.37. The second-order valence-corrected chi connectivity index (χ2v) is 5.79. The number of para-hydroxylation sites is 1. The van der Waals surface area contributed by atoms with Gasteiger partial charge in [0, 0.05) is 25.2 Å². The van der Waals surface area contributed by atoms with E-state index in [4.69, 9.17) is 11.6 Å². The van der Waals surface area contributed by atoms with Crippen LogP contribution in [0, 0.1) is 0 Å². The number of hydrogen-bond donors (Lipinski definition) is 1. The zero-order chi connectivity index (χ0) is 14.9. The van der Waals surface area contributed by atoms with Crippen LogP contribution in [0.3, 0.4) is 0 Å². The van der Waals surface area contributed by atoms with E-state index in [9.17, 15) is 13.2 Å². The predicted molar refractivity (Wildman–Crippen MR) is 75.3 cm³/mol. The van der Waals surface area contributed by atoms with E-state index in [1.54, 1.807) is 4.90 Å². The smallest absolute Gasteiger partial charge is 0.368 e. The van der Waals surface area contributed by atoms with Crippen molar-refractivity contribution in [2.45, 2.75) is 38.5 Å². The molecule has 0 aromatic heterocycles. The molecule has 0 aliphatic carbocycles. The summed E-state index contributed by atoms with van der Waals surface area (Å²) in [6.45, 7) is 5.18. The highest BCUT2D eigenvalue weighted by atomic mass is 35.5. The Bertz CT molecular complexity index is 474. The van der Waals surface area contributed by atoms with E-state index in [-0.39, 0.29) is 16.8 Å². The molecule has 1 aromatic rings. The molecule has 0 amide bonds. The van der Waals surface area contributed by atoms with Gasteiger partial charge in [-0.1, -0.05) is 31.5 Å². The van der Waals surface area contributed by atoms with Crippen molar-refractivity contribution in [3.63, 3.8) is 0 Å². The molecule has 0 bridgehead atoms. The summed E-state index contributed by atoms with van der Waals surface area (Å²) in [7, 11) is 0. The first-order valence-corrected chi connectivity index (χ1v) is 7.03. The normalized spacial score (nSPS) is 19.9. The quantitative estimate of drug-likeness (QED) is 0.910. The molecule has 1 unspecified atom stereocenters. The lowest BCUT2D eigenvalue weighted by Gasteiger charge is -2.25. The molecule has 1 saturated heterocycles. The lowest BCUT2D eigenvalue weighted by Crippen LogP contribution is -2.37. The molecule has 2 rings (SSSR count). The van der Waals surface area contributed by atoms with E-state index in [2.05, 4.69) is 5.32 Å². The van der Waals surface area contributed by atoms with Crippen molar-refractivity contribution in [3.8, 4) is 0 Å². The molecule has 1 heterocycles. The van der Waals surface area contributed by atoms with Crippen LogP contribution in [-0.2, 0) is 6.18 Å². The minimum absolute atomic E-state index is 0.106. The predicted octanol–water partition coefficient (Wildman–Crippen LogP) is 3.94. The van der Waals surface area contributed by atoms with Crippen LogP contribution < -0.4 is 10.2 Å². The number of benzene rings is 1. The third-order valence-electron chi connectivity index (χ3n) is 3.37. The van der Waals surface area contributed by atoms with Gasteiger partial charge in [-0.2, -0.15) is 13.2 Å². The molecule has 1 N–H and O–H groups in total. The Morgan fingerprint density at radius 3 is 2.65 bits per heavy atom. The number of nitrogens with one attached hydrogen (secondary N) is 1. The van der Waals surface area contributed by atoms with Gasteiger partial charge in [0.15, 0.2) is 0 Å². The molecule has 1 atom stereocenters. The number of anilines is 1. The summed E-state index contributed by atoms with van der Waals surface area (Å²) >= 11 is 6.01. The zero-order valence-electron chi connectivity index (χ0n) is 11.5. The fourth-order valence-electron chi connectivity index (χ4n) is 2.64. The fourth-order valence-corrected chi connectivity index (χ4v) is 2.93. The van der Waals surface area contributed by atoms with Crippen LogP contribution >= 0.6 is 11.6 Å². The van der Waals surface area contributed by atoms with Crippen LogP contribution in [0.2, 0.25) is 5.02 Å². The average Bonchev–Trinajstić information content (AvgIpc) is 2.74. The molecule has 0 spiro atoms. The monoisotopic (exact) mass is 306 g/mol. The van der Waals surface area contributed by atoms with Crippen LogP contribution in [0.5, 0.6) is 0 Å². The molecule has 20 heavy (non-hydrogen) atoms. The van der Waals surface area contributed by atoms with E-state index in [1.165, 1.54) is 12.1 Å². The van der Waals surface area contributed by atoms with Crippen molar-refractivity contribution in [1.29, 1.82) is 0 Å². The molecule has 112 valence electrons. The highest BCUT2D eigenvalue weighted by molar-refractivity contribution is 6.33. The van der Waals surface area contributed by atoms with E-state index >= 15 is 0 Å². The fraction of sp³-hybridized carbons (Fsp3) is 0.571. The van der Waals surface area contributed by atoms with Crippen LogP contribution in [0.15, 0.2) is 18.2 Å². The molecule has 6 heteroatoms. The number of hydrogen-bond acceptors (Lipinski definition) is 2. The van der Waals surface area contributed by atoms with Gasteiger partial charge in [-0.25, -0.2) is 0 Å². The summed E-state index contributed by atoms with van der Waals surface area (Å²) in [6, 6.07) is 4.45. The molecular formula is C14H18ClF3N2. The van der Waals surface area contributed by atoms with Crippen LogP contribution in [-0.4, -0.2) is 25.2 Å². The highest BCUT2D eigenvalue weighted by Crippen LogP contribution is 2.41. The van der Waals surface area contributed by atoms with Crippen LogP contribution in [0.1, 0.15) is 25.8 Å². The van der Waals surface area contributed by atoms with E-state index in [0.717, 1.165) is 12.5 Å². The Morgan fingerprint density at radius 2 is 2.05 bits per heavy atom. The summed E-state index contributed by atoms with van der Waals surface area (Å²) in [6.07, 6.45) is -3.56. The summed E-state index contributed by atoms with van der Waals surface area (Å²) in [5.74, 6) is 0. The van der Waals surface area contributed by atoms with Gasteiger partial charge in [-0.05, 0) is 18.6 Å². The van der Waals surface area contributed by atoms with Gasteiger partial charge in [-0.15, -0.1) is 0 Å². The van der Waals surface area contributed by atoms with Crippen LogP contribution in [0.25, 0.3) is 0 Å². The van der Waals surface area contributed by atoms with Crippen molar-refractivity contribution in [2.24, 2.45) is 0 Å². The Labute approximate surface area is 121 Å². The van der Waals surface area contributed by atoms with Gasteiger partial charge in [0.25, 0.3) is 0 Å². The van der Waals surface area contributed by atoms with Gasteiger partial charge >= 0.3 is 6.18 Å². The van der Waals surface area contributed by atoms with Crippen molar-refractivity contribution < 1.29 is 13.2 Å². The standard InChI is InChI=1S/C14H18ClF3N2/c1-9(2)19-10-6-7-20(8-10)13-11(14(16,17)18)4-3-5-12(13)15/h3-5,9-10,19H,6-8H2,1-2H3. The molecule has 0 radical (unpaired) electrons. The molecule has 0 saturated carbocycles. The number of nitrogens with zero attached hydrogens (tertiary/aromatic N) is 1. The van der Waals surface area contributed by atoms with Gasteiger partial charge in [0.1, 0.15) is 0 Å². The Morgan fingerprint density at radius 1 is 1.35 bits per heavy atom. The Hall–Kier alpha value is -0.940. The SMILES string of the molecule is CC(C)NC1CCN(c2c(Cl)cccc2C(F)(F)F)C1. The zero-order valence-corrected chi connectivity index (χ0v) is 12.2. The largest absolute Gasteiger partial charge is 0.418 e. The van der Waals surface area contributed by atoms with Crippen LogP contribution in [0.4, 0.5) is 18.9 Å². The van der Waals surface area contributed by atoms with Gasteiger partial charge in [-0.3, -0.25) is 0 Å². The van der Waals surface area contributed by atoms with Crippen molar-refractivity contribution in [1.82, 2.24) is 5.32 Å². The second kappa shape index (κ2) is 5.82. The van der Waals surface area contributed by atoms with Gasteiger partial charge < -0.3 is 10.2 Å². The second-order valence-electron chi connectivity index (χ2n) is 5.39. The first-order valence-electron chi connectivity index (χ1n) is 6.65. The van der Waals surface area contributed by atoms with Gasteiger partial charge in [0.05, 0.1) is 16.3 Å². The third kappa shape index (κ3) is 3.38. The van der Waals surface area contributed by atoms with Crippen molar-refractivity contribution in [2.75, 3.05) is 18.0 Å². The van der Waals surface area contributed by atoms with Crippen molar-refractivity contribution in [3.05, 3.63) is 28.8 Å². The minimum Gasteiger partial charge on any atom is -0.368 e. The molecular weight excluding hydrogens is 289 g/mol. The van der Waals surface area contributed by atoms with E-state index in [0.29, 0.717) is 19.1 Å². The average molecular weight is 307 g/mol. The summed E-state index contributed by atoms with van der Waals surface area (Å²) in [5, 5.41) is 3.51. The first kappa shape index (κ1) is 15.4. The topological polar surface area (TPSA) is 15.3 Å². The summed E-state index contributed by atoms with van der Waals surface area (Å²) in [5.41, 5.74) is -0.551. The number of alkyl halides is 3. The maximum atomic E-state index is 13.1. The minimum atomic E-state index is -4.39. The molecule has 1 aliphatic heterocycles. The van der Waals surface area contributed by atoms with Gasteiger partial charge in [0.2, 0.25) is 0 Å². The van der Waals surface area contributed by atoms with E-state index < -0.39 is 11.7 Å². The molecule has 2 nitrogen and oxygen atoms in total. The van der Waals surface area contributed by atoms with Crippen molar-refractivity contribution >= 4 is 17.3 Å². The molecule has 1 fully saturated rings. The maximum Gasteiger partial charge on any atom is 0.418 e. The summed E-state index contributed by atoms with van der Waals surface area (Å²) < 4.78 is 39.3. The van der Waals surface area contributed by atoms with E-state index in [1.807, 2.05) is 13.8 Å². The summed E-state index contributed by atoms with van der Waals surface area (Å²) in [4.78, 5) is 1.73. The molecule has 1 aliphatic rings. The Kier molecular flexibility index (Phi) is 4.49.